The average molecular weight is 477 g/mol. The smallest absolute Gasteiger partial charge is 0.256 e. The number of hydrogen-bond acceptors (Lipinski definition) is 6. The van der Waals surface area contributed by atoms with Gasteiger partial charge in [-0.25, -0.2) is 0 Å². The van der Waals surface area contributed by atoms with Crippen LogP contribution < -0.4 is 9.47 Å². The minimum absolute atomic E-state index is 0.0487. The lowest BCUT2D eigenvalue weighted by molar-refractivity contribution is -0.136. The maximum Gasteiger partial charge on any atom is 0.256 e. The van der Waals surface area contributed by atoms with Crippen molar-refractivity contribution in [3.63, 3.8) is 0 Å². The molecule has 2 N–H and O–H groups in total. The monoisotopic (exact) mass is 476 g/mol. The van der Waals surface area contributed by atoms with Gasteiger partial charge in [0, 0.05) is 37.0 Å². The first-order valence-corrected chi connectivity index (χ1v) is 12.1. The van der Waals surface area contributed by atoms with Crippen LogP contribution in [0.5, 0.6) is 11.5 Å². The van der Waals surface area contributed by atoms with Crippen molar-refractivity contribution in [2.45, 2.75) is 31.8 Å². The molecule has 3 aliphatic rings. The van der Waals surface area contributed by atoms with Gasteiger partial charge in [-0.15, -0.1) is 0 Å². The largest absolute Gasteiger partial charge is 0.454 e. The van der Waals surface area contributed by atoms with Crippen LogP contribution in [0.2, 0.25) is 0 Å². The lowest BCUT2D eigenvalue weighted by atomic mass is 9.70. The number of piperidine rings is 2. The summed E-state index contributed by atoms with van der Waals surface area (Å²) >= 11 is 0. The molecule has 2 saturated heterocycles. The molecule has 182 valence electrons. The van der Waals surface area contributed by atoms with Crippen LogP contribution in [0.15, 0.2) is 42.6 Å². The molecule has 2 amide bonds. The second kappa shape index (κ2) is 8.57. The molecule has 0 radical (unpaired) electrons. The van der Waals surface area contributed by atoms with Crippen LogP contribution in [0.25, 0.3) is 10.9 Å². The standard InChI is InChI=1S/C26H28N4O5/c31-22-6-9-30(25(33)19-3-1-2-18-14-27-28-24(18)19)15-26(22)7-10-29(11-8-26)23(32)13-17-4-5-20-21(12-17)35-16-34-20/h1-5,12,14,22,31H,6-11,13,15-16H2,(H,27,28). The number of aromatic nitrogens is 2. The van der Waals surface area contributed by atoms with Crippen LogP contribution in [0, 0.1) is 5.41 Å². The first-order chi connectivity index (χ1) is 17.0. The first kappa shape index (κ1) is 21.9. The Bertz CT molecular complexity index is 1280. The quantitative estimate of drug-likeness (QED) is 0.601. The van der Waals surface area contributed by atoms with Gasteiger partial charge < -0.3 is 24.4 Å². The number of amides is 2. The molecule has 0 aliphatic carbocycles. The number of fused-ring (bicyclic) bond motifs is 2. The summed E-state index contributed by atoms with van der Waals surface area (Å²) in [7, 11) is 0. The highest BCUT2D eigenvalue weighted by Gasteiger charge is 2.46. The molecule has 1 aromatic heterocycles. The molecular formula is C26H28N4O5. The van der Waals surface area contributed by atoms with E-state index in [4.69, 9.17) is 9.47 Å². The minimum Gasteiger partial charge on any atom is -0.454 e. The molecule has 1 atom stereocenters. The number of aliphatic hydroxyl groups is 1. The summed E-state index contributed by atoms with van der Waals surface area (Å²) in [5.74, 6) is 1.39. The number of likely N-dealkylation sites (tertiary alicyclic amines) is 2. The van der Waals surface area contributed by atoms with E-state index in [1.54, 1.807) is 6.20 Å². The van der Waals surface area contributed by atoms with Gasteiger partial charge in [-0.3, -0.25) is 14.7 Å². The Balaban J connectivity index is 1.12. The molecule has 3 aromatic rings. The molecule has 1 spiro atoms. The summed E-state index contributed by atoms with van der Waals surface area (Å²) in [5, 5.41) is 18.9. The molecule has 9 heteroatoms. The number of carbonyl (C=O) groups is 2. The normalized spacial score (nSPS) is 21.0. The van der Waals surface area contributed by atoms with Crippen LogP contribution in [0.3, 0.4) is 0 Å². The molecule has 1 unspecified atom stereocenters. The van der Waals surface area contributed by atoms with E-state index < -0.39 is 11.5 Å². The molecule has 2 fully saturated rings. The Kier molecular flexibility index (Phi) is 5.36. The zero-order valence-corrected chi connectivity index (χ0v) is 19.4. The second-order valence-corrected chi connectivity index (χ2v) is 9.78. The number of nitrogens with zero attached hydrogens (tertiary/aromatic N) is 3. The van der Waals surface area contributed by atoms with E-state index in [1.807, 2.05) is 46.2 Å². The van der Waals surface area contributed by atoms with Gasteiger partial charge >= 0.3 is 0 Å². The third-order valence-electron chi connectivity index (χ3n) is 7.78. The van der Waals surface area contributed by atoms with E-state index >= 15 is 0 Å². The highest BCUT2D eigenvalue weighted by molar-refractivity contribution is 6.05. The third-order valence-corrected chi connectivity index (χ3v) is 7.78. The van der Waals surface area contributed by atoms with Crippen molar-refractivity contribution in [2.75, 3.05) is 33.0 Å². The third kappa shape index (κ3) is 3.89. The molecule has 2 aromatic carbocycles. The maximum atomic E-state index is 13.4. The van der Waals surface area contributed by atoms with Crippen molar-refractivity contribution in [3.05, 3.63) is 53.7 Å². The zero-order chi connectivity index (χ0) is 24.0. The highest BCUT2D eigenvalue weighted by atomic mass is 16.7. The Morgan fingerprint density at radius 1 is 1.09 bits per heavy atom. The predicted molar refractivity (Wildman–Crippen MR) is 127 cm³/mol. The van der Waals surface area contributed by atoms with E-state index in [0.717, 1.165) is 16.5 Å². The number of rotatable bonds is 3. The number of aromatic amines is 1. The molecule has 6 rings (SSSR count). The fourth-order valence-electron chi connectivity index (χ4n) is 5.67. The van der Waals surface area contributed by atoms with Crippen LogP contribution in [0.1, 0.15) is 35.2 Å². The lowest BCUT2D eigenvalue weighted by Crippen LogP contribution is -2.58. The molecule has 3 aliphatic heterocycles. The molecule has 0 saturated carbocycles. The Hall–Kier alpha value is -3.59. The summed E-state index contributed by atoms with van der Waals surface area (Å²) in [6.45, 7) is 2.35. The van der Waals surface area contributed by atoms with Crippen molar-refractivity contribution in [1.82, 2.24) is 20.0 Å². The fraction of sp³-hybridized carbons (Fsp3) is 0.423. The topological polar surface area (TPSA) is 108 Å². The number of H-pyrrole nitrogens is 1. The lowest BCUT2D eigenvalue weighted by Gasteiger charge is -2.50. The SMILES string of the molecule is O=C(Cc1ccc2c(c1)OCO2)N1CCC2(CC1)CN(C(=O)c1cccc3cn[nH]c13)CCC2O. The zero-order valence-electron chi connectivity index (χ0n) is 19.4. The van der Waals surface area contributed by atoms with Crippen molar-refractivity contribution in [3.8, 4) is 11.5 Å². The number of ether oxygens (including phenoxy) is 2. The van der Waals surface area contributed by atoms with Crippen molar-refractivity contribution >= 4 is 22.7 Å². The van der Waals surface area contributed by atoms with Gasteiger partial charge in [0.1, 0.15) is 0 Å². The van der Waals surface area contributed by atoms with Crippen molar-refractivity contribution in [2.24, 2.45) is 5.41 Å². The van der Waals surface area contributed by atoms with Gasteiger partial charge in [0.15, 0.2) is 11.5 Å². The summed E-state index contributed by atoms with van der Waals surface area (Å²) < 4.78 is 10.8. The molecule has 35 heavy (non-hydrogen) atoms. The van der Waals surface area contributed by atoms with E-state index in [-0.39, 0.29) is 18.6 Å². The van der Waals surface area contributed by atoms with Crippen LogP contribution >= 0.6 is 0 Å². The van der Waals surface area contributed by atoms with Crippen LogP contribution in [-0.4, -0.2) is 76.0 Å². The van der Waals surface area contributed by atoms with E-state index in [0.29, 0.717) is 68.9 Å². The van der Waals surface area contributed by atoms with Gasteiger partial charge in [-0.1, -0.05) is 18.2 Å². The molecule has 4 heterocycles. The highest BCUT2D eigenvalue weighted by Crippen LogP contribution is 2.41. The van der Waals surface area contributed by atoms with Crippen molar-refractivity contribution < 1.29 is 24.2 Å². The summed E-state index contributed by atoms with van der Waals surface area (Å²) in [4.78, 5) is 30.1. The van der Waals surface area contributed by atoms with Gasteiger partial charge in [0.05, 0.1) is 29.8 Å². The van der Waals surface area contributed by atoms with Gasteiger partial charge in [0.25, 0.3) is 5.91 Å². The van der Waals surface area contributed by atoms with E-state index in [1.165, 1.54) is 0 Å². The van der Waals surface area contributed by atoms with E-state index in [2.05, 4.69) is 10.2 Å². The van der Waals surface area contributed by atoms with E-state index in [9.17, 15) is 14.7 Å². The fourth-order valence-corrected chi connectivity index (χ4v) is 5.67. The number of para-hydroxylation sites is 1. The number of hydrogen-bond donors (Lipinski definition) is 2. The van der Waals surface area contributed by atoms with Gasteiger partial charge in [-0.05, 0) is 43.0 Å². The number of nitrogens with one attached hydrogen (secondary N) is 1. The second-order valence-electron chi connectivity index (χ2n) is 9.78. The summed E-state index contributed by atoms with van der Waals surface area (Å²) in [5.41, 5.74) is 1.83. The first-order valence-electron chi connectivity index (χ1n) is 12.1. The maximum absolute atomic E-state index is 13.4. The molecule has 0 bridgehead atoms. The van der Waals surface area contributed by atoms with Gasteiger partial charge in [0.2, 0.25) is 12.7 Å². The summed E-state index contributed by atoms with van der Waals surface area (Å²) in [6, 6.07) is 11.2. The molecule has 9 nitrogen and oxygen atoms in total. The Morgan fingerprint density at radius 2 is 1.91 bits per heavy atom. The van der Waals surface area contributed by atoms with Crippen LogP contribution in [-0.2, 0) is 11.2 Å². The summed E-state index contributed by atoms with van der Waals surface area (Å²) in [6.07, 6.45) is 3.39. The predicted octanol–water partition coefficient (Wildman–Crippen LogP) is 2.35. The minimum atomic E-state index is -0.486. The Morgan fingerprint density at radius 3 is 2.77 bits per heavy atom. The van der Waals surface area contributed by atoms with Crippen LogP contribution in [0.4, 0.5) is 0 Å². The number of carbonyl (C=O) groups excluding carboxylic acids is 2. The number of aliphatic hydroxyl groups excluding tert-OH is 1. The number of benzene rings is 2. The van der Waals surface area contributed by atoms with Crippen molar-refractivity contribution in [1.29, 1.82) is 0 Å². The van der Waals surface area contributed by atoms with Gasteiger partial charge in [-0.2, -0.15) is 5.10 Å². The average Bonchev–Trinajstić information content (AvgIpc) is 3.55. The Labute approximate surface area is 202 Å². The molecular weight excluding hydrogens is 448 g/mol.